The van der Waals surface area contributed by atoms with Crippen molar-refractivity contribution in [3.8, 4) is 0 Å². The molecule has 0 radical (unpaired) electrons. The van der Waals surface area contributed by atoms with E-state index in [9.17, 15) is 9.59 Å². The predicted octanol–water partition coefficient (Wildman–Crippen LogP) is 2.39. The zero-order chi connectivity index (χ0) is 17.5. The van der Waals surface area contributed by atoms with Crippen LogP contribution in [-0.4, -0.2) is 29.9 Å². The van der Waals surface area contributed by atoms with Gasteiger partial charge in [0.25, 0.3) is 5.91 Å². The summed E-state index contributed by atoms with van der Waals surface area (Å²) in [6, 6.07) is 12.9. The molecule has 126 valence electrons. The van der Waals surface area contributed by atoms with Gasteiger partial charge in [0.15, 0.2) is 5.76 Å². The number of benzene rings is 1. The molecule has 2 aromatic heterocycles. The number of hydrogen-bond donors (Lipinski definition) is 2. The molecule has 0 aliphatic carbocycles. The fourth-order valence-electron chi connectivity index (χ4n) is 2.34. The zero-order valence-electron chi connectivity index (χ0n) is 13.4. The summed E-state index contributed by atoms with van der Waals surface area (Å²) in [5.41, 5.74) is 1.72. The first-order chi connectivity index (χ1) is 12.2. The van der Waals surface area contributed by atoms with Gasteiger partial charge in [0.1, 0.15) is 0 Å². The van der Waals surface area contributed by atoms with Crippen molar-refractivity contribution in [1.82, 2.24) is 15.6 Å². The van der Waals surface area contributed by atoms with Gasteiger partial charge in [0, 0.05) is 36.3 Å². The number of aromatic nitrogens is 1. The molecule has 0 aliphatic rings. The summed E-state index contributed by atoms with van der Waals surface area (Å²) in [6.45, 7) is 0.637. The molecule has 0 saturated heterocycles. The van der Waals surface area contributed by atoms with Gasteiger partial charge in [-0.15, -0.1) is 0 Å². The molecule has 3 rings (SSSR count). The van der Waals surface area contributed by atoms with Crippen molar-refractivity contribution >= 4 is 28.8 Å². The molecule has 2 heterocycles. The van der Waals surface area contributed by atoms with E-state index in [1.165, 1.54) is 12.3 Å². The molecule has 2 amide bonds. The first-order valence-electron chi connectivity index (χ1n) is 7.85. The first kappa shape index (κ1) is 16.4. The Hall–Kier alpha value is -3.41. The highest BCUT2D eigenvalue weighted by Gasteiger charge is 2.06. The second-order valence-electron chi connectivity index (χ2n) is 5.28. The number of carbonyl (C=O) groups is 2. The maximum Gasteiger partial charge on any atom is 0.287 e. The Labute approximate surface area is 144 Å². The average molecular weight is 335 g/mol. The number of pyridine rings is 1. The lowest BCUT2D eigenvalue weighted by Gasteiger charge is -2.04. The van der Waals surface area contributed by atoms with Crippen LogP contribution in [-0.2, 0) is 4.79 Å². The summed E-state index contributed by atoms with van der Waals surface area (Å²) in [4.78, 5) is 27.9. The van der Waals surface area contributed by atoms with Crippen molar-refractivity contribution in [2.75, 3.05) is 13.1 Å². The van der Waals surface area contributed by atoms with Crippen molar-refractivity contribution in [2.24, 2.45) is 0 Å². The standard InChI is InChI=1S/C19H17N3O3/c23-17(20-11-12-22-19(24)16-7-3-13-25-16)9-8-15-5-1-4-14-6-2-10-21-18(14)15/h1-10,13H,11-12H2,(H,20,23)(H,22,24)/b9-8+. The third-order valence-electron chi connectivity index (χ3n) is 3.53. The fraction of sp³-hybridized carbons (Fsp3) is 0.105. The molecule has 2 N–H and O–H groups in total. The monoisotopic (exact) mass is 335 g/mol. The maximum absolute atomic E-state index is 11.9. The number of nitrogens with one attached hydrogen (secondary N) is 2. The van der Waals surface area contributed by atoms with E-state index in [0.717, 1.165) is 16.5 Å². The quantitative estimate of drug-likeness (QED) is 0.535. The number of amides is 2. The highest BCUT2D eigenvalue weighted by molar-refractivity contribution is 5.95. The van der Waals surface area contributed by atoms with Crippen molar-refractivity contribution in [1.29, 1.82) is 0 Å². The van der Waals surface area contributed by atoms with Crippen LogP contribution < -0.4 is 10.6 Å². The SMILES string of the molecule is O=C(/C=C/c1cccc2cccnc12)NCCNC(=O)c1ccco1. The lowest BCUT2D eigenvalue weighted by Crippen LogP contribution is -2.33. The van der Waals surface area contributed by atoms with Crippen molar-refractivity contribution < 1.29 is 14.0 Å². The van der Waals surface area contributed by atoms with Gasteiger partial charge in [-0.25, -0.2) is 0 Å². The molecule has 25 heavy (non-hydrogen) atoms. The topological polar surface area (TPSA) is 84.2 Å². The Morgan fingerprint density at radius 3 is 2.72 bits per heavy atom. The second-order valence-corrected chi connectivity index (χ2v) is 5.28. The first-order valence-corrected chi connectivity index (χ1v) is 7.85. The molecule has 0 fully saturated rings. The lowest BCUT2D eigenvalue weighted by atomic mass is 10.1. The number of furan rings is 1. The molecule has 0 atom stereocenters. The van der Waals surface area contributed by atoms with E-state index in [2.05, 4.69) is 15.6 Å². The fourth-order valence-corrected chi connectivity index (χ4v) is 2.34. The van der Waals surface area contributed by atoms with Gasteiger partial charge >= 0.3 is 0 Å². The van der Waals surface area contributed by atoms with Crippen LogP contribution in [0.25, 0.3) is 17.0 Å². The summed E-state index contributed by atoms with van der Waals surface area (Å²) in [5.74, 6) is -0.300. The number of rotatable bonds is 6. The van der Waals surface area contributed by atoms with Crippen LogP contribution in [0.3, 0.4) is 0 Å². The van der Waals surface area contributed by atoms with Crippen molar-refractivity contribution in [3.63, 3.8) is 0 Å². The number of para-hydroxylation sites is 1. The normalized spacial score (nSPS) is 10.9. The van der Waals surface area contributed by atoms with E-state index in [4.69, 9.17) is 4.42 Å². The van der Waals surface area contributed by atoms with Crippen molar-refractivity contribution in [3.05, 3.63) is 72.3 Å². The van der Waals surface area contributed by atoms with Crippen LogP contribution in [0.5, 0.6) is 0 Å². The highest BCUT2D eigenvalue weighted by atomic mass is 16.3. The summed E-state index contributed by atoms with van der Waals surface area (Å²) < 4.78 is 4.98. The van der Waals surface area contributed by atoms with Gasteiger partial charge in [0.05, 0.1) is 11.8 Å². The van der Waals surface area contributed by atoms with Gasteiger partial charge in [-0.05, 0) is 24.3 Å². The van der Waals surface area contributed by atoms with Crippen LogP contribution in [0.4, 0.5) is 0 Å². The van der Waals surface area contributed by atoms with E-state index in [0.29, 0.717) is 13.1 Å². The van der Waals surface area contributed by atoms with Gasteiger partial charge in [-0.2, -0.15) is 0 Å². The van der Waals surface area contributed by atoms with Gasteiger partial charge in [-0.1, -0.05) is 24.3 Å². The second kappa shape index (κ2) is 7.92. The summed E-state index contributed by atoms with van der Waals surface area (Å²) in [6.07, 6.45) is 6.34. The minimum Gasteiger partial charge on any atom is -0.459 e. The smallest absolute Gasteiger partial charge is 0.287 e. The third kappa shape index (κ3) is 4.32. The average Bonchev–Trinajstić information content (AvgIpc) is 3.18. The molecular formula is C19H17N3O3. The number of carbonyl (C=O) groups excluding carboxylic acids is 2. The molecule has 0 bridgehead atoms. The van der Waals surface area contributed by atoms with Crippen LogP contribution in [0, 0.1) is 0 Å². The summed E-state index contributed by atoms with van der Waals surface area (Å²) >= 11 is 0. The predicted molar refractivity (Wildman–Crippen MR) is 94.8 cm³/mol. The van der Waals surface area contributed by atoms with E-state index < -0.39 is 0 Å². The molecule has 6 heteroatoms. The Kier molecular flexibility index (Phi) is 5.21. The lowest BCUT2D eigenvalue weighted by molar-refractivity contribution is -0.116. The molecule has 0 unspecified atom stereocenters. The van der Waals surface area contributed by atoms with E-state index >= 15 is 0 Å². The van der Waals surface area contributed by atoms with Crippen molar-refractivity contribution in [2.45, 2.75) is 0 Å². The molecular weight excluding hydrogens is 318 g/mol. The number of fused-ring (bicyclic) bond motifs is 1. The summed E-state index contributed by atoms with van der Waals surface area (Å²) in [7, 11) is 0. The molecule has 0 spiro atoms. The van der Waals surface area contributed by atoms with E-state index in [1.54, 1.807) is 24.4 Å². The number of nitrogens with zero attached hydrogens (tertiary/aromatic N) is 1. The Balaban J connectivity index is 1.49. The van der Waals surface area contributed by atoms with Gasteiger partial charge in [0.2, 0.25) is 5.91 Å². The van der Waals surface area contributed by atoms with E-state index in [1.807, 2.05) is 30.3 Å². The highest BCUT2D eigenvalue weighted by Crippen LogP contribution is 2.16. The summed E-state index contributed by atoms with van der Waals surface area (Å²) in [5, 5.41) is 6.39. The molecule has 1 aromatic carbocycles. The number of hydrogen-bond acceptors (Lipinski definition) is 4. The Morgan fingerprint density at radius 1 is 1.04 bits per heavy atom. The molecule has 0 aliphatic heterocycles. The van der Waals surface area contributed by atoms with Crippen LogP contribution in [0.15, 0.2) is 65.4 Å². The molecule has 6 nitrogen and oxygen atoms in total. The van der Waals surface area contributed by atoms with Crippen LogP contribution >= 0.6 is 0 Å². The Bertz CT molecular complexity index is 896. The van der Waals surface area contributed by atoms with Crippen LogP contribution in [0.2, 0.25) is 0 Å². The largest absolute Gasteiger partial charge is 0.459 e. The van der Waals surface area contributed by atoms with Crippen LogP contribution in [0.1, 0.15) is 16.1 Å². The maximum atomic E-state index is 11.9. The zero-order valence-corrected chi connectivity index (χ0v) is 13.4. The van der Waals surface area contributed by atoms with Gasteiger partial charge in [-0.3, -0.25) is 14.6 Å². The molecule has 0 saturated carbocycles. The third-order valence-corrected chi connectivity index (χ3v) is 3.53. The molecule has 3 aromatic rings. The minimum absolute atomic E-state index is 0.236. The minimum atomic E-state index is -0.309. The Morgan fingerprint density at radius 2 is 1.88 bits per heavy atom. The van der Waals surface area contributed by atoms with E-state index in [-0.39, 0.29) is 17.6 Å². The van der Waals surface area contributed by atoms with Gasteiger partial charge < -0.3 is 15.1 Å².